The SMILES string of the molecule is COc1ccc(C(=O)N2CCCN(C(=O)C(C)C)CC2)cc1. The van der Waals surface area contributed by atoms with Gasteiger partial charge < -0.3 is 14.5 Å². The lowest BCUT2D eigenvalue weighted by molar-refractivity contribution is -0.134. The number of benzene rings is 1. The van der Waals surface area contributed by atoms with E-state index < -0.39 is 0 Å². The number of nitrogens with zero attached hydrogens (tertiary/aromatic N) is 2. The molecule has 1 aromatic carbocycles. The minimum Gasteiger partial charge on any atom is -0.497 e. The lowest BCUT2D eigenvalue weighted by atomic mass is 10.2. The second kappa shape index (κ2) is 7.29. The topological polar surface area (TPSA) is 49.9 Å². The first-order valence-electron chi connectivity index (χ1n) is 7.75. The summed E-state index contributed by atoms with van der Waals surface area (Å²) in [5, 5.41) is 0. The van der Waals surface area contributed by atoms with Crippen LogP contribution in [0.25, 0.3) is 0 Å². The van der Waals surface area contributed by atoms with Gasteiger partial charge in [0.25, 0.3) is 5.91 Å². The summed E-state index contributed by atoms with van der Waals surface area (Å²) < 4.78 is 5.11. The molecular formula is C17H24N2O3. The zero-order valence-corrected chi connectivity index (χ0v) is 13.5. The molecule has 1 heterocycles. The Hall–Kier alpha value is -2.04. The second-order valence-electron chi connectivity index (χ2n) is 5.85. The average Bonchev–Trinajstić information content (AvgIpc) is 2.79. The molecule has 0 radical (unpaired) electrons. The molecule has 1 saturated heterocycles. The smallest absolute Gasteiger partial charge is 0.253 e. The van der Waals surface area contributed by atoms with Crippen LogP contribution >= 0.6 is 0 Å². The Morgan fingerprint density at radius 3 is 2.18 bits per heavy atom. The third-order valence-electron chi connectivity index (χ3n) is 3.93. The Bertz CT molecular complexity index is 525. The molecule has 1 aliphatic rings. The van der Waals surface area contributed by atoms with Crippen molar-refractivity contribution in [2.45, 2.75) is 20.3 Å². The molecule has 2 rings (SSSR count). The highest BCUT2D eigenvalue weighted by atomic mass is 16.5. The number of methoxy groups -OCH3 is 1. The quantitative estimate of drug-likeness (QED) is 0.858. The molecule has 22 heavy (non-hydrogen) atoms. The number of hydrogen-bond donors (Lipinski definition) is 0. The third kappa shape index (κ3) is 3.78. The first kappa shape index (κ1) is 16.3. The molecule has 5 heteroatoms. The van der Waals surface area contributed by atoms with E-state index in [1.165, 1.54) is 0 Å². The van der Waals surface area contributed by atoms with Gasteiger partial charge in [0.05, 0.1) is 7.11 Å². The molecule has 1 fully saturated rings. The van der Waals surface area contributed by atoms with Gasteiger partial charge in [-0.05, 0) is 30.7 Å². The van der Waals surface area contributed by atoms with Crippen LogP contribution in [-0.2, 0) is 4.79 Å². The molecule has 1 aliphatic heterocycles. The zero-order chi connectivity index (χ0) is 16.1. The first-order valence-corrected chi connectivity index (χ1v) is 7.75. The zero-order valence-electron chi connectivity index (χ0n) is 13.5. The highest BCUT2D eigenvalue weighted by molar-refractivity contribution is 5.94. The number of ether oxygens (including phenoxy) is 1. The molecule has 0 saturated carbocycles. The van der Waals surface area contributed by atoms with Crippen molar-refractivity contribution in [3.63, 3.8) is 0 Å². The predicted octanol–water partition coefficient (Wildman–Crippen LogP) is 2.03. The molecule has 0 bridgehead atoms. The summed E-state index contributed by atoms with van der Waals surface area (Å²) in [6.45, 7) is 6.43. The van der Waals surface area contributed by atoms with Gasteiger partial charge in [-0.2, -0.15) is 0 Å². The fourth-order valence-corrected chi connectivity index (χ4v) is 2.62. The van der Waals surface area contributed by atoms with Crippen LogP contribution in [0.5, 0.6) is 5.75 Å². The van der Waals surface area contributed by atoms with E-state index in [9.17, 15) is 9.59 Å². The van der Waals surface area contributed by atoms with Gasteiger partial charge in [-0.25, -0.2) is 0 Å². The van der Waals surface area contributed by atoms with E-state index in [0.717, 1.165) is 18.7 Å². The van der Waals surface area contributed by atoms with E-state index in [1.54, 1.807) is 31.4 Å². The van der Waals surface area contributed by atoms with Crippen molar-refractivity contribution in [2.24, 2.45) is 5.92 Å². The van der Waals surface area contributed by atoms with Crippen LogP contribution in [0.3, 0.4) is 0 Å². The van der Waals surface area contributed by atoms with Crippen LogP contribution in [0, 0.1) is 5.92 Å². The lowest BCUT2D eigenvalue weighted by Crippen LogP contribution is -2.38. The summed E-state index contributed by atoms with van der Waals surface area (Å²) >= 11 is 0. The summed E-state index contributed by atoms with van der Waals surface area (Å²) in [6, 6.07) is 7.14. The van der Waals surface area contributed by atoms with Gasteiger partial charge in [0, 0.05) is 37.7 Å². The summed E-state index contributed by atoms with van der Waals surface area (Å²) in [5.41, 5.74) is 0.657. The standard InChI is InChI=1S/C17H24N2O3/c1-13(2)16(20)18-9-4-10-19(12-11-18)17(21)14-5-7-15(22-3)8-6-14/h5-8,13H,4,9-12H2,1-3H3. The fraction of sp³-hybridized carbons (Fsp3) is 0.529. The Morgan fingerprint density at radius 2 is 1.59 bits per heavy atom. The van der Waals surface area contributed by atoms with Crippen LogP contribution in [-0.4, -0.2) is 54.9 Å². The maximum atomic E-state index is 12.5. The Kier molecular flexibility index (Phi) is 5.41. The van der Waals surface area contributed by atoms with Crippen molar-refractivity contribution in [2.75, 3.05) is 33.3 Å². The Balaban J connectivity index is 2.00. The average molecular weight is 304 g/mol. The van der Waals surface area contributed by atoms with Gasteiger partial charge in [0.15, 0.2) is 0 Å². The molecule has 0 aliphatic carbocycles. The van der Waals surface area contributed by atoms with Gasteiger partial charge in [-0.15, -0.1) is 0 Å². The van der Waals surface area contributed by atoms with Gasteiger partial charge in [-0.3, -0.25) is 9.59 Å². The maximum absolute atomic E-state index is 12.5. The number of carbonyl (C=O) groups excluding carboxylic acids is 2. The van der Waals surface area contributed by atoms with Crippen LogP contribution in [0.15, 0.2) is 24.3 Å². The molecule has 0 N–H and O–H groups in total. The van der Waals surface area contributed by atoms with Crippen molar-refractivity contribution < 1.29 is 14.3 Å². The summed E-state index contributed by atoms with van der Waals surface area (Å²) in [7, 11) is 1.60. The van der Waals surface area contributed by atoms with Crippen molar-refractivity contribution in [1.29, 1.82) is 0 Å². The van der Waals surface area contributed by atoms with Crippen molar-refractivity contribution in [3.05, 3.63) is 29.8 Å². The number of rotatable bonds is 3. The van der Waals surface area contributed by atoms with E-state index in [2.05, 4.69) is 0 Å². The fourth-order valence-electron chi connectivity index (χ4n) is 2.62. The van der Waals surface area contributed by atoms with Crippen LogP contribution in [0.1, 0.15) is 30.6 Å². The van der Waals surface area contributed by atoms with Crippen LogP contribution in [0.2, 0.25) is 0 Å². The predicted molar refractivity (Wildman–Crippen MR) is 84.9 cm³/mol. The highest BCUT2D eigenvalue weighted by Gasteiger charge is 2.23. The third-order valence-corrected chi connectivity index (χ3v) is 3.93. The normalized spacial score (nSPS) is 15.6. The van der Waals surface area contributed by atoms with E-state index in [1.807, 2.05) is 23.6 Å². The molecule has 120 valence electrons. The Morgan fingerprint density at radius 1 is 1.00 bits per heavy atom. The molecular weight excluding hydrogens is 280 g/mol. The number of hydrogen-bond acceptors (Lipinski definition) is 3. The van der Waals surface area contributed by atoms with E-state index in [0.29, 0.717) is 25.2 Å². The largest absolute Gasteiger partial charge is 0.497 e. The summed E-state index contributed by atoms with van der Waals surface area (Å²) in [4.78, 5) is 28.3. The lowest BCUT2D eigenvalue weighted by Gasteiger charge is -2.23. The monoisotopic (exact) mass is 304 g/mol. The van der Waals surface area contributed by atoms with Gasteiger partial charge >= 0.3 is 0 Å². The molecule has 1 aromatic rings. The molecule has 0 unspecified atom stereocenters. The molecule has 0 spiro atoms. The minimum absolute atomic E-state index is 0.00356. The van der Waals surface area contributed by atoms with Gasteiger partial charge in [-0.1, -0.05) is 13.8 Å². The number of amides is 2. The minimum atomic E-state index is 0.00356. The molecule has 2 amide bonds. The van der Waals surface area contributed by atoms with E-state index >= 15 is 0 Å². The molecule has 0 aromatic heterocycles. The first-order chi connectivity index (χ1) is 10.5. The molecule has 5 nitrogen and oxygen atoms in total. The van der Waals surface area contributed by atoms with Crippen molar-refractivity contribution in [1.82, 2.24) is 9.80 Å². The van der Waals surface area contributed by atoms with Crippen LogP contribution in [0.4, 0.5) is 0 Å². The van der Waals surface area contributed by atoms with Crippen molar-refractivity contribution in [3.8, 4) is 5.75 Å². The van der Waals surface area contributed by atoms with E-state index in [-0.39, 0.29) is 17.7 Å². The summed E-state index contributed by atoms with van der Waals surface area (Å²) in [6.07, 6.45) is 0.820. The highest BCUT2D eigenvalue weighted by Crippen LogP contribution is 2.15. The second-order valence-corrected chi connectivity index (χ2v) is 5.85. The van der Waals surface area contributed by atoms with Crippen molar-refractivity contribution >= 4 is 11.8 Å². The van der Waals surface area contributed by atoms with Gasteiger partial charge in [0.1, 0.15) is 5.75 Å². The Labute approximate surface area is 131 Å². The number of carbonyl (C=O) groups is 2. The van der Waals surface area contributed by atoms with Gasteiger partial charge in [0.2, 0.25) is 5.91 Å². The maximum Gasteiger partial charge on any atom is 0.253 e. The molecule has 0 atom stereocenters. The summed E-state index contributed by atoms with van der Waals surface area (Å²) in [5.74, 6) is 0.921. The van der Waals surface area contributed by atoms with Crippen LogP contribution < -0.4 is 4.74 Å². The van der Waals surface area contributed by atoms with E-state index in [4.69, 9.17) is 4.74 Å².